The van der Waals surface area contributed by atoms with E-state index in [1.54, 1.807) is 12.3 Å². The van der Waals surface area contributed by atoms with Gasteiger partial charge in [-0.3, -0.25) is 4.79 Å². The van der Waals surface area contributed by atoms with Gasteiger partial charge in [-0.05, 0) is 38.8 Å². The highest BCUT2D eigenvalue weighted by Crippen LogP contribution is 2.16. The monoisotopic (exact) mass is 240 g/mol. The third kappa shape index (κ3) is 5.54. The van der Waals surface area contributed by atoms with Gasteiger partial charge >= 0.3 is 5.97 Å². The summed E-state index contributed by atoms with van der Waals surface area (Å²) >= 11 is 0. The van der Waals surface area contributed by atoms with Gasteiger partial charge in [0.15, 0.2) is 0 Å². The highest BCUT2D eigenvalue weighted by atomic mass is 16.6. The molecule has 1 unspecified atom stereocenters. The van der Waals surface area contributed by atoms with Crippen molar-refractivity contribution in [2.45, 2.75) is 39.2 Å². The van der Waals surface area contributed by atoms with Gasteiger partial charge < -0.3 is 14.3 Å². The van der Waals surface area contributed by atoms with Gasteiger partial charge in [-0.25, -0.2) is 0 Å². The summed E-state index contributed by atoms with van der Waals surface area (Å²) in [6.45, 7) is 5.42. The molecular formula is C13H20O4. The van der Waals surface area contributed by atoms with Gasteiger partial charge in [0.2, 0.25) is 0 Å². The molecule has 0 saturated carbocycles. The molecule has 0 radical (unpaired) electrons. The average molecular weight is 240 g/mol. The van der Waals surface area contributed by atoms with Crippen LogP contribution in [0.1, 0.15) is 33.0 Å². The minimum absolute atomic E-state index is 0.0556. The molecule has 0 fully saturated rings. The first kappa shape index (κ1) is 13.8. The fraction of sp³-hybridized carbons (Fsp3) is 0.615. The van der Waals surface area contributed by atoms with Crippen molar-refractivity contribution in [2.75, 3.05) is 6.61 Å². The maximum absolute atomic E-state index is 11.6. The lowest BCUT2D eigenvalue weighted by Gasteiger charge is -2.21. The zero-order valence-electron chi connectivity index (χ0n) is 10.6. The van der Waals surface area contributed by atoms with Crippen LogP contribution in [0.15, 0.2) is 22.8 Å². The van der Waals surface area contributed by atoms with E-state index in [1.165, 1.54) is 0 Å². The van der Waals surface area contributed by atoms with E-state index in [2.05, 4.69) is 0 Å². The number of furan rings is 1. The van der Waals surface area contributed by atoms with Gasteiger partial charge in [0, 0.05) is 13.0 Å². The van der Waals surface area contributed by atoms with Crippen LogP contribution in [0.4, 0.5) is 0 Å². The first-order chi connectivity index (χ1) is 7.90. The summed E-state index contributed by atoms with van der Waals surface area (Å²) in [4.78, 5) is 11.6. The molecule has 1 aromatic rings. The highest BCUT2D eigenvalue weighted by molar-refractivity contribution is 5.70. The fourth-order valence-corrected chi connectivity index (χ4v) is 1.53. The van der Waals surface area contributed by atoms with Gasteiger partial charge in [0.05, 0.1) is 12.7 Å². The number of hydrogen-bond donors (Lipinski definition) is 1. The highest BCUT2D eigenvalue weighted by Gasteiger charge is 2.20. The molecule has 1 rings (SSSR count). The maximum atomic E-state index is 11.6. The van der Waals surface area contributed by atoms with Crippen molar-refractivity contribution in [3.8, 4) is 0 Å². The van der Waals surface area contributed by atoms with Crippen LogP contribution in [-0.2, 0) is 16.0 Å². The van der Waals surface area contributed by atoms with Crippen molar-refractivity contribution < 1.29 is 19.1 Å². The van der Waals surface area contributed by atoms with Crippen LogP contribution in [0, 0.1) is 5.92 Å². The summed E-state index contributed by atoms with van der Waals surface area (Å²) in [5.74, 6) is 0.326. The van der Waals surface area contributed by atoms with Gasteiger partial charge in [-0.1, -0.05) is 0 Å². The quantitative estimate of drug-likeness (QED) is 0.801. The smallest absolute Gasteiger partial charge is 0.306 e. The zero-order chi connectivity index (χ0) is 12.9. The van der Waals surface area contributed by atoms with Crippen LogP contribution >= 0.6 is 0 Å². The standard InChI is InChI=1S/C13H20O4/c1-13(2,3)17-12(15)8-10(9-14)7-11-5-4-6-16-11/h4-6,10,14H,7-9H2,1-3H3. The molecule has 17 heavy (non-hydrogen) atoms. The summed E-state index contributed by atoms with van der Waals surface area (Å²) in [6.07, 6.45) is 2.33. The molecule has 1 atom stereocenters. The summed E-state index contributed by atoms with van der Waals surface area (Å²) < 4.78 is 10.4. The number of hydrogen-bond acceptors (Lipinski definition) is 4. The minimum Gasteiger partial charge on any atom is -0.469 e. The number of esters is 1. The lowest BCUT2D eigenvalue weighted by Crippen LogP contribution is -2.26. The molecule has 96 valence electrons. The van der Waals surface area contributed by atoms with Crippen LogP contribution in [0.25, 0.3) is 0 Å². The molecule has 0 saturated heterocycles. The molecule has 0 aliphatic rings. The molecule has 4 heteroatoms. The van der Waals surface area contributed by atoms with Gasteiger partial charge in [-0.2, -0.15) is 0 Å². The second-order valence-electron chi connectivity index (χ2n) is 5.12. The number of ether oxygens (including phenoxy) is 1. The largest absolute Gasteiger partial charge is 0.469 e. The fourth-order valence-electron chi connectivity index (χ4n) is 1.53. The van der Waals surface area contributed by atoms with Crippen molar-refractivity contribution in [3.63, 3.8) is 0 Å². The Balaban J connectivity index is 2.44. The molecule has 4 nitrogen and oxygen atoms in total. The lowest BCUT2D eigenvalue weighted by atomic mass is 10.0. The van der Waals surface area contributed by atoms with E-state index in [4.69, 9.17) is 9.15 Å². The first-order valence-corrected chi connectivity index (χ1v) is 5.76. The molecule has 1 heterocycles. The van der Waals surface area contributed by atoms with Crippen LogP contribution < -0.4 is 0 Å². The Morgan fingerprint density at radius 3 is 2.71 bits per heavy atom. The number of carbonyl (C=O) groups is 1. The van der Waals surface area contributed by atoms with Crippen LogP contribution in [0.2, 0.25) is 0 Å². The number of aliphatic hydroxyl groups excluding tert-OH is 1. The molecular weight excluding hydrogens is 220 g/mol. The molecule has 0 spiro atoms. The summed E-state index contributed by atoms with van der Waals surface area (Å²) in [6, 6.07) is 3.62. The van der Waals surface area contributed by atoms with Crippen molar-refractivity contribution in [2.24, 2.45) is 5.92 Å². The van der Waals surface area contributed by atoms with Crippen molar-refractivity contribution in [3.05, 3.63) is 24.2 Å². The second-order valence-corrected chi connectivity index (χ2v) is 5.12. The van der Waals surface area contributed by atoms with Crippen molar-refractivity contribution in [1.82, 2.24) is 0 Å². The molecule has 0 aromatic carbocycles. The van der Waals surface area contributed by atoms with E-state index in [9.17, 15) is 9.90 Å². The van der Waals surface area contributed by atoms with Crippen LogP contribution in [0.5, 0.6) is 0 Å². The molecule has 0 amide bonds. The maximum Gasteiger partial charge on any atom is 0.306 e. The predicted octanol–water partition coefficient (Wildman–Crippen LogP) is 2.16. The Kier molecular flexibility index (Phi) is 4.75. The molecule has 0 bridgehead atoms. The number of carbonyl (C=O) groups excluding carboxylic acids is 1. The minimum atomic E-state index is -0.484. The zero-order valence-corrected chi connectivity index (χ0v) is 10.6. The topological polar surface area (TPSA) is 59.7 Å². The van der Waals surface area contributed by atoms with Gasteiger partial charge in [-0.15, -0.1) is 0 Å². The normalized spacial score (nSPS) is 13.4. The predicted molar refractivity (Wildman–Crippen MR) is 63.4 cm³/mol. The Labute approximate surface area is 102 Å². The lowest BCUT2D eigenvalue weighted by molar-refractivity contribution is -0.156. The van der Waals surface area contributed by atoms with E-state index < -0.39 is 5.60 Å². The van der Waals surface area contributed by atoms with E-state index >= 15 is 0 Å². The molecule has 1 N–H and O–H groups in total. The number of rotatable bonds is 5. The Morgan fingerprint density at radius 1 is 1.53 bits per heavy atom. The Hall–Kier alpha value is -1.29. The van der Waals surface area contributed by atoms with Crippen LogP contribution in [0.3, 0.4) is 0 Å². The van der Waals surface area contributed by atoms with E-state index in [1.807, 2.05) is 26.8 Å². The van der Waals surface area contributed by atoms with Crippen molar-refractivity contribution >= 4 is 5.97 Å². The second kappa shape index (κ2) is 5.87. The third-order valence-electron chi connectivity index (χ3n) is 2.20. The van der Waals surface area contributed by atoms with Gasteiger partial charge in [0.1, 0.15) is 11.4 Å². The average Bonchev–Trinajstić information content (AvgIpc) is 2.66. The third-order valence-corrected chi connectivity index (χ3v) is 2.20. The summed E-state index contributed by atoms with van der Waals surface area (Å²) in [5.41, 5.74) is -0.484. The summed E-state index contributed by atoms with van der Waals surface area (Å²) in [7, 11) is 0. The molecule has 1 aromatic heterocycles. The van der Waals surface area contributed by atoms with Crippen LogP contribution in [-0.4, -0.2) is 23.3 Å². The van der Waals surface area contributed by atoms with E-state index in [0.29, 0.717) is 6.42 Å². The van der Waals surface area contributed by atoms with E-state index in [-0.39, 0.29) is 24.9 Å². The SMILES string of the molecule is CC(C)(C)OC(=O)CC(CO)Cc1ccco1. The van der Waals surface area contributed by atoms with E-state index in [0.717, 1.165) is 5.76 Å². The first-order valence-electron chi connectivity index (χ1n) is 5.76. The summed E-state index contributed by atoms with van der Waals surface area (Å²) in [5, 5.41) is 9.22. The van der Waals surface area contributed by atoms with Gasteiger partial charge in [0.25, 0.3) is 0 Å². The molecule has 0 aliphatic carbocycles. The molecule has 0 aliphatic heterocycles. The Bertz CT molecular complexity index is 335. The van der Waals surface area contributed by atoms with Crippen molar-refractivity contribution in [1.29, 1.82) is 0 Å². The Morgan fingerprint density at radius 2 is 2.24 bits per heavy atom. The number of aliphatic hydroxyl groups is 1.